The molecule has 1 atom stereocenters. The molecule has 0 radical (unpaired) electrons. The molecule has 138 valence electrons. The lowest BCUT2D eigenvalue weighted by Gasteiger charge is -2.21. The first-order valence-electron chi connectivity index (χ1n) is 8.55. The fourth-order valence-electron chi connectivity index (χ4n) is 3.58. The molecule has 1 heterocycles. The maximum absolute atomic E-state index is 13.2. The van der Waals surface area contributed by atoms with Crippen molar-refractivity contribution in [3.05, 3.63) is 65.4 Å². The van der Waals surface area contributed by atoms with Gasteiger partial charge in [-0.05, 0) is 30.7 Å². The third-order valence-electron chi connectivity index (χ3n) is 4.84. The van der Waals surface area contributed by atoms with Crippen LogP contribution in [0.4, 0.5) is 0 Å². The summed E-state index contributed by atoms with van der Waals surface area (Å²) in [4.78, 5) is 24.3. The highest BCUT2D eigenvalue weighted by Gasteiger charge is 2.32. The summed E-state index contributed by atoms with van der Waals surface area (Å²) in [7, 11) is -3.80. The van der Waals surface area contributed by atoms with Crippen LogP contribution in [0.3, 0.4) is 0 Å². The first kappa shape index (κ1) is 17.5. The molecule has 1 unspecified atom stereocenters. The number of hydrogen-bond donors (Lipinski definition) is 1. The number of amides is 1. The minimum Gasteiger partial charge on any atom is -0.346 e. The van der Waals surface area contributed by atoms with E-state index >= 15 is 0 Å². The zero-order valence-electron chi connectivity index (χ0n) is 14.9. The molecule has 1 N–H and O–H groups in total. The van der Waals surface area contributed by atoms with Crippen molar-refractivity contribution >= 4 is 32.6 Å². The van der Waals surface area contributed by atoms with Gasteiger partial charge in [-0.2, -0.15) is 0 Å². The van der Waals surface area contributed by atoms with Gasteiger partial charge >= 0.3 is 0 Å². The Labute approximate surface area is 156 Å². The topological polar surface area (TPSA) is 85.2 Å². The summed E-state index contributed by atoms with van der Waals surface area (Å²) >= 11 is 0. The Kier molecular flexibility index (Phi) is 3.92. The number of nitrogens with zero attached hydrogens (tertiary/aromatic N) is 1. The fourth-order valence-corrected chi connectivity index (χ4v) is 4.97. The highest BCUT2D eigenvalue weighted by Crippen LogP contribution is 2.33. The van der Waals surface area contributed by atoms with Gasteiger partial charge in [-0.1, -0.05) is 29.8 Å². The Morgan fingerprint density at radius 2 is 1.85 bits per heavy atom. The molecule has 0 saturated heterocycles. The molecule has 27 heavy (non-hydrogen) atoms. The Hall–Kier alpha value is -2.93. The molecule has 6 nitrogen and oxygen atoms in total. The van der Waals surface area contributed by atoms with E-state index in [0.717, 1.165) is 11.1 Å². The molecule has 0 aliphatic heterocycles. The second-order valence-corrected chi connectivity index (χ2v) is 8.60. The number of aromatic nitrogens is 1. The van der Waals surface area contributed by atoms with E-state index in [1.54, 1.807) is 48.7 Å². The average Bonchev–Trinajstić information content (AvgIpc) is 3.00. The number of aryl methyl sites for hydroxylation is 1. The van der Waals surface area contributed by atoms with Crippen LogP contribution in [0, 0.1) is 6.92 Å². The van der Waals surface area contributed by atoms with Crippen molar-refractivity contribution in [3.63, 3.8) is 0 Å². The van der Waals surface area contributed by atoms with Gasteiger partial charge in [0.25, 0.3) is 10.0 Å². The number of nitrogens with one attached hydrogen (secondary N) is 1. The minimum atomic E-state index is -3.80. The van der Waals surface area contributed by atoms with Gasteiger partial charge in [-0.3, -0.25) is 9.59 Å². The smallest absolute Gasteiger partial charge is 0.268 e. The molecule has 1 aromatic heterocycles. The molecule has 0 bridgehead atoms. The van der Waals surface area contributed by atoms with Crippen LogP contribution in [0.15, 0.2) is 53.6 Å². The van der Waals surface area contributed by atoms with Crippen LogP contribution in [0.2, 0.25) is 0 Å². The minimum absolute atomic E-state index is 0.186. The highest BCUT2D eigenvalue weighted by atomic mass is 32.2. The summed E-state index contributed by atoms with van der Waals surface area (Å²) in [5, 5.41) is 3.29. The third kappa shape index (κ3) is 2.75. The van der Waals surface area contributed by atoms with Crippen molar-refractivity contribution in [2.24, 2.45) is 0 Å². The zero-order chi connectivity index (χ0) is 19.3. The fraction of sp³-hybridized carbons (Fsp3) is 0.200. The van der Waals surface area contributed by atoms with Gasteiger partial charge in [0.05, 0.1) is 16.5 Å². The van der Waals surface area contributed by atoms with Crippen LogP contribution in [0.1, 0.15) is 28.4 Å². The van der Waals surface area contributed by atoms with Crippen molar-refractivity contribution < 1.29 is 18.0 Å². The van der Waals surface area contributed by atoms with E-state index in [2.05, 4.69) is 5.32 Å². The molecule has 4 rings (SSSR count). The Balaban J connectivity index is 1.91. The van der Waals surface area contributed by atoms with E-state index in [1.165, 1.54) is 10.9 Å². The van der Waals surface area contributed by atoms with Crippen molar-refractivity contribution in [3.8, 4) is 0 Å². The van der Waals surface area contributed by atoms with E-state index in [0.29, 0.717) is 16.5 Å². The molecular weight excluding hydrogens is 364 g/mol. The quantitative estimate of drug-likeness (QED) is 0.754. The number of Topliss-reactive ketones (excluding diaryl/α,β-unsaturated/α-hetero) is 1. The predicted molar refractivity (Wildman–Crippen MR) is 101 cm³/mol. The first-order valence-corrected chi connectivity index (χ1v) is 9.99. The van der Waals surface area contributed by atoms with Crippen LogP contribution >= 0.6 is 0 Å². The number of rotatable bonds is 3. The van der Waals surface area contributed by atoms with E-state index in [4.69, 9.17) is 0 Å². The van der Waals surface area contributed by atoms with E-state index < -0.39 is 16.1 Å². The Morgan fingerprint density at radius 1 is 1.15 bits per heavy atom. The molecule has 1 amide bonds. The SMILES string of the molecule is CC(=O)NC1Cc2cn(S(=O)(=O)c3ccc(C)cc3)c3cccc(c23)C1=O. The van der Waals surface area contributed by atoms with Gasteiger partial charge in [0.15, 0.2) is 5.78 Å². The molecule has 2 aromatic carbocycles. The van der Waals surface area contributed by atoms with Crippen molar-refractivity contribution in [1.82, 2.24) is 9.29 Å². The van der Waals surface area contributed by atoms with Gasteiger partial charge in [-0.25, -0.2) is 12.4 Å². The van der Waals surface area contributed by atoms with Gasteiger partial charge < -0.3 is 5.32 Å². The predicted octanol–water partition coefficient (Wildman–Crippen LogP) is 2.43. The summed E-state index contributed by atoms with van der Waals surface area (Å²) in [6.07, 6.45) is 1.83. The maximum Gasteiger partial charge on any atom is 0.268 e. The van der Waals surface area contributed by atoms with E-state index in [-0.39, 0.29) is 23.0 Å². The third-order valence-corrected chi connectivity index (χ3v) is 6.52. The van der Waals surface area contributed by atoms with Crippen molar-refractivity contribution in [2.75, 3.05) is 0 Å². The lowest BCUT2D eigenvalue weighted by atomic mass is 9.88. The van der Waals surface area contributed by atoms with Crippen LogP contribution in [0.25, 0.3) is 10.9 Å². The molecule has 3 aromatic rings. The van der Waals surface area contributed by atoms with Gasteiger partial charge in [0, 0.05) is 30.5 Å². The number of carbonyl (C=O) groups is 2. The second kappa shape index (κ2) is 6.06. The van der Waals surface area contributed by atoms with Gasteiger partial charge in [-0.15, -0.1) is 0 Å². The molecule has 7 heteroatoms. The molecule has 1 aliphatic carbocycles. The number of ketones is 1. The number of carbonyl (C=O) groups excluding carboxylic acids is 2. The lowest BCUT2D eigenvalue weighted by Crippen LogP contribution is -2.42. The Morgan fingerprint density at radius 3 is 2.52 bits per heavy atom. The molecular formula is C20H18N2O4S. The van der Waals surface area contributed by atoms with Crippen LogP contribution < -0.4 is 5.32 Å². The van der Waals surface area contributed by atoms with Crippen LogP contribution in [-0.4, -0.2) is 30.1 Å². The number of benzene rings is 2. The summed E-state index contributed by atoms with van der Waals surface area (Å²) in [5.74, 6) is -0.496. The van der Waals surface area contributed by atoms with Crippen molar-refractivity contribution in [1.29, 1.82) is 0 Å². The summed E-state index contributed by atoms with van der Waals surface area (Å²) in [6, 6.07) is 11.0. The zero-order valence-corrected chi connectivity index (χ0v) is 15.7. The van der Waals surface area contributed by atoms with Gasteiger partial charge in [0.1, 0.15) is 0 Å². The first-order chi connectivity index (χ1) is 12.8. The van der Waals surface area contributed by atoms with Gasteiger partial charge in [0.2, 0.25) is 5.91 Å². The standard InChI is InChI=1S/C20H18N2O4S/c1-12-6-8-15(9-7-12)27(25,26)22-11-14-10-17(21-13(2)23)20(24)16-4-3-5-18(22)19(14)16/h3-9,11,17H,10H2,1-2H3,(H,21,23). The lowest BCUT2D eigenvalue weighted by molar-refractivity contribution is -0.119. The summed E-state index contributed by atoms with van der Waals surface area (Å²) < 4.78 is 27.6. The number of hydrogen-bond acceptors (Lipinski definition) is 4. The summed E-state index contributed by atoms with van der Waals surface area (Å²) in [5.41, 5.74) is 2.61. The van der Waals surface area contributed by atoms with Crippen molar-refractivity contribution in [2.45, 2.75) is 31.2 Å². The summed E-state index contributed by atoms with van der Waals surface area (Å²) in [6.45, 7) is 3.25. The monoisotopic (exact) mass is 382 g/mol. The molecule has 1 aliphatic rings. The molecule has 0 fully saturated rings. The maximum atomic E-state index is 13.2. The average molecular weight is 382 g/mol. The normalized spacial score (nSPS) is 16.5. The Bertz CT molecular complexity index is 1190. The second-order valence-electron chi connectivity index (χ2n) is 6.79. The van der Waals surface area contributed by atoms with E-state index in [1.807, 2.05) is 6.92 Å². The highest BCUT2D eigenvalue weighted by molar-refractivity contribution is 7.90. The van der Waals surface area contributed by atoms with Crippen LogP contribution in [0.5, 0.6) is 0 Å². The largest absolute Gasteiger partial charge is 0.346 e. The van der Waals surface area contributed by atoms with Crippen LogP contribution in [-0.2, 0) is 21.2 Å². The molecule has 0 spiro atoms. The molecule has 0 saturated carbocycles. The van der Waals surface area contributed by atoms with E-state index in [9.17, 15) is 18.0 Å².